The van der Waals surface area contributed by atoms with Crippen molar-refractivity contribution >= 4 is 0 Å². The third-order valence-corrected chi connectivity index (χ3v) is 4.60. The maximum absolute atomic E-state index is 4.26. The van der Waals surface area contributed by atoms with Crippen LogP contribution in [0.15, 0.2) is 12.2 Å². The summed E-state index contributed by atoms with van der Waals surface area (Å²) in [5, 5.41) is 3.70. The molecule has 2 nitrogen and oxygen atoms in total. The fourth-order valence-corrected chi connectivity index (χ4v) is 2.54. The molecule has 0 aliphatic rings. The Bertz CT molecular complexity index is 260. The molecule has 0 spiro atoms. The highest BCUT2D eigenvalue weighted by Gasteiger charge is 2.23. The third-order valence-electron chi connectivity index (χ3n) is 4.60. The molecule has 0 rings (SSSR count). The molecule has 0 fully saturated rings. The van der Waals surface area contributed by atoms with Crippen LogP contribution in [0.5, 0.6) is 0 Å². The first-order valence-corrected chi connectivity index (χ1v) is 8.48. The molecular formula is C18H38N2. The summed E-state index contributed by atoms with van der Waals surface area (Å²) in [6, 6.07) is 0.601. The van der Waals surface area contributed by atoms with E-state index in [4.69, 9.17) is 0 Å². The summed E-state index contributed by atoms with van der Waals surface area (Å²) in [7, 11) is 2.26. The van der Waals surface area contributed by atoms with E-state index in [1.165, 1.54) is 24.8 Å². The summed E-state index contributed by atoms with van der Waals surface area (Å²) in [6.45, 7) is 19.0. The minimum Gasteiger partial charge on any atom is -0.301 e. The molecule has 0 amide bonds. The second-order valence-corrected chi connectivity index (χ2v) is 6.66. The normalized spacial score (nSPS) is 16.4. The Hall–Kier alpha value is -0.340. The van der Waals surface area contributed by atoms with Crippen molar-refractivity contribution in [2.45, 2.75) is 79.4 Å². The highest BCUT2D eigenvalue weighted by molar-refractivity contribution is 5.00. The molecule has 0 bridgehead atoms. The summed E-state index contributed by atoms with van der Waals surface area (Å²) < 4.78 is 0. The van der Waals surface area contributed by atoms with Crippen LogP contribution in [0.3, 0.4) is 0 Å². The molecule has 0 heterocycles. The minimum absolute atomic E-state index is 0.416. The lowest BCUT2D eigenvalue weighted by molar-refractivity contribution is 0.113. The lowest BCUT2D eigenvalue weighted by Gasteiger charge is -2.37. The Morgan fingerprint density at radius 1 is 1.10 bits per heavy atom. The quantitative estimate of drug-likeness (QED) is 0.437. The standard InChI is InChI=1S/C18H38N2/c1-9-11-15(5)17(7)20(8)18(19-12-10-2)13-16(6)14(3)4/h14-15,17-19H,6,9-13H2,1-5,7-8H3. The SMILES string of the molecule is C=C(CC(NCCC)N(C)C(C)C(C)CCC)C(C)C. The first kappa shape index (κ1) is 19.7. The monoisotopic (exact) mass is 282 g/mol. The number of nitrogens with zero attached hydrogens (tertiary/aromatic N) is 1. The zero-order valence-electron chi connectivity index (χ0n) is 15.0. The predicted octanol–water partition coefficient (Wildman–Crippen LogP) is 4.67. The first-order valence-electron chi connectivity index (χ1n) is 8.48. The molecule has 1 N–H and O–H groups in total. The maximum atomic E-state index is 4.26. The number of nitrogens with one attached hydrogen (secondary N) is 1. The van der Waals surface area contributed by atoms with Gasteiger partial charge in [-0.05, 0) is 51.6 Å². The van der Waals surface area contributed by atoms with Crippen LogP contribution >= 0.6 is 0 Å². The molecule has 3 unspecified atom stereocenters. The van der Waals surface area contributed by atoms with Crippen molar-refractivity contribution in [2.75, 3.05) is 13.6 Å². The van der Waals surface area contributed by atoms with Gasteiger partial charge in [0.05, 0.1) is 6.17 Å². The van der Waals surface area contributed by atoms with Gasteiger partial charge in [-0.3, -0.25) is 4.90 Å². The fraction of sp³-hybridized carbons (Fsp3) is 0.889. The van der Waals surface area contributed by atoms with Crippen LogP contribution < -0.4 is 5.32 Å². The Morgan fingerprint density at radius 2 is 1.70 bits per heavy atom. The van der Waals surface area contributed by atoms with Gasteiger partial charge in [-0.2, -0.15) is 0 Å². The lowest BCUT2D eigenvalue weighted by atomic mass is 9.95. The summed E-state index contributed by atoms with van der Waals surface area (Å²) in [5.74, 6) is 1.31. The summed E-state index contributed by atoms with van der Waals surface area (Å²) in [4.78, 5) is 2.52. The maximum Gasteiger partial charge on any atom is 0.0635 e. The highest BCUT2D eigenvalue weighted by Crippen LogP contribution is 2.21. The molecule has 0 aromatic rings. The van der Waals surface area contributed by atoms with Gasteiger partial charge in [0.2, 0.25) is 0 Å². The van der Waals surface area contributed by atoms with Crippen molar-refractivity contribution in [3.63, 3.8) is 0 Å². The smallest absolute Gasteiger partial charge is 0.0635 e. The minimum atomic E-state index is 0.416. The molecule has 3 atom stereocenters. The third kappa shape index (κ3) is 6.90. The van der Waals surface area contributed by atoms with Gasteiger partial charge in [0.15, 0.2) is 0 Å². The average molecular weight is 283 g/mol. The van der Waals surface area contributed by atoms with Crippen LogP contribution in [0.2, 0.25) is 0 Å². The Morgan fingerprint density at radius 3 is 2.15 bits per heavy atom. The molecule has 2 heteroatoms. The molecule has 0 saturated carbocycles. The van der Waals surface area contributed by atoms with E-state index in [1.54, 1.807) is 0 Å². The van der Waals surface area contributed by atoms with Crippen LogP contribution in [0.25, 0.3) is 0 Å². The molecule has 0 aromatic carbocycles. The van der Waals surface area contributed by atoms with E-state index in [9.17, 15) is 0 Å². The fourth-order valence-electron chi connectivity index (χ4n) is 2.54. The van der Waals surface area contributed by atoms with Crippen molar-refractivity contribution in [2.24, 2.45) is 11.8 Å². The number of hydrogen-bond acceptors (Lipinski definition) is 2. The van der Waals surface area contributed by atoms with Crippen LogP contribution in [0.4, 0.5) is 0 Å². The van der Waals surface area contributed by atoms with Crippen LogP contribution in [-0.2, 0) is 0 Å². The van der Waals surface area contributed by atoms with Crippen molar-refractivity contribution in [3.05, 3.63) is 12.2 Å². The van der Waals surface area contributed by atoms with E-state index >= 15 is 0 Å². The zero-order valence-corrected chi connectivity index (χ0v) is 15.0. The molecule has 0 saturated heterocycles. The number of rotatable bonds is 11. The largest absolute Gasteiger partial charge is 0.301 e. The topological polar surface area (TPSA) is 15.3 Å². The van der Waals surface area contributed by atoms with Gasteiger partial charge in [-0.15, -0.1) is 0 Å². The van der Waals surface area contributed by atoms with Gasteiger partial charge >= 0.3 is 0 Å². The van der Waals surface area contributed by atoms with Crippen LogP contribution in [0, 0.1) is 11.8 Å². The van der Waals surface area contributed by atoms with Gasteiger partial charge in [0, 0.05) is 6.04 Å². The Kier molecular flexibility index (Phi) is 10.2. The predicted molar refractivity (Wildman–Crippen MR) is 92.0 cm³/mol. The summed E-state index contributed by atoms with van der Waals surface area (Å²) in [6.07, 6.45) is 5.22. The van der Waals surface area contributed by atoms with E-state index in [1.807, 2.05) is 0 Å². The number of hydrogen-bond donors (Lipinski definition) is 1. The first-order chi connectivity index (χ1) is 9.34. The lowest BCUT2D eigenvalue weighted by Crippen LogP contribution is -2.50. The van der Waals surface area contributed by atoms with Gasteiger partial charge in [0.25, 0.3) is 0 Å². The average Bonchev–Trinajstić information content (AvgIpc) is 2.41. The van der Waals surface area contributed by atoms with Crippen molar-refractivity contribution in [3.8, 4) is 0 Å². The Balaban J connectivity index is 4.69. The van der Waals surface area contributed by atoms with Crippen LogP contribution in [-0.4, -0.2) is 30.7 Å². The Labute approximate surface area is 128 Å². The van der Waals surface area contributed by atoms with E-state index in [0.29, 0.717) is 18.1 Å². The van der Waals surface area contributed by atoms with E-state index in [0.717, 1.165) is 18.9 Å². The second kappa shape index (κ2) is 10.4. The van der Waals surface area contributed by atoms with Crippen molar-refractivity contribution in [1.82, 2.24) is 10.2 Å². The van der Waals surface area contributed by atoms with E-state index < -0.39 is 0 Å². The summed E-state index contributed by atoms with van der Waals surface area (Å²) >= 11 is 0. The highest BCUT2D eigenvalue weighted by atomic mass is 15.3. The molecule has 20 heavy (non-hydrogen) atoms. The molecule has 0 aliphatic heterocycles. The van der Waals surface area contributed by atoms with Gasteiger partial charge in [-0.1, -0.05) is 53.2 Å². The zero-order chi connectivity index (χ0) is 15.7. The van der Waals surface area contributed by atoms with Crippen molar-refractivity contribution < 1.29 is 0 Å². The van der Waals surface area contributed by atoms with Crippen molar-refractivity contribution in [1.29, 1.82) is 0 Å². The molecule has 0 aromatic heterocycles. The molecule has 0 radical (unpaired) electrons. The van der Waals surface area contributed by atoms with Crippen LogP contribution in [0.1, 0.15) is 67.2 Å². The van der Waals surface area contributed by atoms with Gasteiger partial charge in [-0.25, -0.2) is 0 Å². The second-order valence-electron chi connectivity index (χ2n) is 6.66. The summed E-state index contributed by atoms with van der Waals surface area (Å²) in [5.41, 5.74) is 1.35. The van der Waals surface area contributed by atoms with Gasteiger partial charge in [0.1, 0.15) is 0 Å². The van der Waals surface area contributed by atoms with E-state index in [2.05, 4.69) is 65.4 Å². The molecular weight excluding hydrogens is 244 g/mol. The van der Waals surface area contributed by atoms with Gasteiger partial charge < -0.3 is 5.32 Å². The molecule has 0 aliphatic carbocycles. The van der Waals surface area contributed by atoms with E-state index in [-0.39, 0.29) is 0 Å². The molecule has 120 valence electrons.